The van der Waals surface area contributed by atoms with Crippen LogP contribution in [0.1, 0.15) is 78.9 Å². The second kappa shape index (κ2) is 10.2. The Morgan fingerprint density at radius 3 is 2.26 bits per heavy atom. The second-order valence-electron chi connectivity index (χ2n) is 13.5. The van der Waals surface area contributed by atoms with Crippen LogP contribution < -0.4 is 9.64 Å². The molecule has 1 amide bonds. The van der Waals surface area contributed by atoms with E-state index in [0.29, 0.717) is 32.8 Å². The zero-order valence-electron chi connectivity index (χ0n) is 24.8. The number of hydrogen-bond acceptors (Lipinski definition) is 5. The van der Waals surface area contributed by atoms with Crippen molar-refractivity contribution in [1.82, 2.24) is 9.88 Å². The molecule has 0 spiro atoms. The van der Waals surface area contributed by atoms with Gasteiger partial charge in [-0.15, -0.1) is 0 Å². The van der Waals surface area contributed by atoms with E-state index in [2.05, 4.69) is 75.4 Å². The molecule has 1 fully saturated rings. The van der Waals surface area contributed by atoms with Crippen molar-refractivity contribution in [2.24, 2.45) is 0 Å². The number of rotatable bonds is 6. The minimum absolute atomic E-state index is 0.138. The summed E-state index contributed by atoms with van der Waals surface area (Å²) >= 11 is 0. The number of allylic oxidation sites excluding steroid dienone is 1. The van der Waals surface area contributed by atoms with E-state index in [1.807, 2.05) is 20.8 Å². The van der Waals surface area contributed by atoms with Crippen LogP contribution in [-0.4, -0.2) is 54.4 Å². The lowest BCUT2D eigenvalue weighted by molar-refractivity contribution is 0.0240. The van der Waals surface area contributed by atoms with Crippen LogP contribution in [0.5, 0.6) is 5.75 Å². The largest absolute Gasteiger partial charge is 0.489 e. The highest BCUT2D eigenvalue weighted by Gasteiger charge is 2.37. The van der Waals surface area contributed by atoms with Gasteiger partial charge in [-0.25, -0.2) is 9.78 Å². The molecule has 3 aliphatic rings. The number of nitrogens with zero attached hydrogens (tertiary/aromatic N) is 3. The third-order valence-corrected chi connectivity index (χ3v) is 8.27. The summed E-state index contributed by atoms with van der Waals surface area (Å²) < 4.78 is 11.8. The van der Waals surface area contributed by atoms with E-state index >= 15 is 0 Å². The molecule has 1 aliphatic heterocycles. The van der Waals surface area contributed by atoms with Crippen molar-refractivity contribution in [3.8, 4) is 17.0 Å². The van der Waals surface area contributed by atoms with Gasteiger partial charge in [-0.1, -0.05) is 51.5 Å². The SMILES string of the molecule is CC(C)(C)OC(=O)N1CCN(c2nc(-c3ccc4c(c3)C(C)(C)CCC4(C)C)ccc2OCCC2=C[CH]2)CC1. The van der Waals surface area contributed by atoms with E-state index < -0.39 is 5.60 Å². The monoisotopic (exact) mass is 530 g/mol. The number of carbonyl (C=O) groups excluding carboxylic acids is 1. The lowest BCUT2D eigenvalue weighted by Crippen LogP contribution is -2.50. The minimum atomic E-state index is -0.502. The van der Waals surface area contributed by atoms with E-state index in [-0.39, 0.29) is 16.9 Å². The molecule has 0 N–H and O–H groups in total. The quantitative estimate of drug-likeness (QED) is 0.400. The first kappa shape index (κ1) is 27.5. The maximum atomic E-state index is 12.6. The first-order valence-corrected chi connectivity index (χ1v) is 14.4. The fraction of sp³-hybridized carbons (Fsp3) is 0.545. The van der Waals surface area contributed by atoms with Crippen molar-refractivity contribution in [2.45, 2.75) is 84.2 Å². The Kier molecular flexibility index (Phi) is 7.19. The van der Waals surface area contributed by atoms with Crippen LogP contribution in [-0.2, 0) is 15.6 Å². The van der Waals surface area contributed by atoms with Gasteiger partial charge in [0.05, 0.1) is 12.3 Å². The number of fused-ring (bicyclic) bond motifs is 1. The summed E-state index contributed by atoms with van der Waals surface area (Å²) in [6, 6.07) is 11.1. The van der Waals surface area contributed by atoms with E-state index in [1.54, 1.807) is 4.90 Å². The minimum Gasteiger partial charge on any atom is -0.489 e. The van der Waals surface area contributed by atoms with Gasteiger partial charge in [0.2, 0.25) is 0 Å². The Balaban J connectivity index is 1.41. The maximum absolute atomic E-state index is 12.6. The van der Waals surface area contributed by atoms with Crippen LogP contribution in [0, 0.1) is 6.42 Å². The third-order valence-electron chi connectivity index (χ3n) is 8.27. The zero-order chi connectivity index (χ0) is 28.0. The van der Waals surface area contributed by atoms with Gasteiger partial charge in [-0.2, -0.15) is 0 Å². The summed E-state index contributed by atoms with van der Waals surface area (Å²) in [7, 11) is 0. The fourth-order valence-electron chi connectivity index (χ4n) is 5.62. The molecule has 5 rings (SSSR count). The predicted octanol–water partition coefficient (Wildman–Crippen LogP) is 7.07. The van der Waals surface area contributed by atoms with Gasteiger partial charge in [0, 0.05) is 44.6 Å². The molecule has 1 saturated heterocycles. The van der Waals surface area contributed by atoms with Gasteiger partial charge >= 0.3 is 6.09 Å². The number of ether oxygens (including phenoxy) is 2. The van der Waals surface area contributed by atoms with Crippen molar-refractivity contribution < 1.29 is 14.3 Å². The summed E-state index contributed by atoms with van der Waals surface area (Å²) in [6.07, 6.45) is 7.28. The second-order valence-corrected chi connectivity index (χ2v) is 13.5. The van der Waals surface area contributed by atoms with Gasteiger partial charge in [0.1, 0.15) is 5.60 Å². The van der Waals surface area contributed by atoms with Gasteiger partial charge in [-0.3, -0.25) is 0 Å². The van der Waals surface area contributed by atoms with Gasteiger partial charge in [0.25, 0.3) is 0 Å². The number of anilines is 1. The van der Waals surface area contributed by atoms with Crippen LogP contribution >= 0.6 is 0 Å². The van der Waals surface area contributed by atoms with Gasteiger partial charge in [-0.05, 0) is 73.8 Å². The van der Waals surface area contributed by atoms with Crippen LogP contribution in [0.25, 0.3) is 11.3 Å². The van der Waals surface area contributed by atoms with Crippen molar-refractivity contribution in [1.29, 1.82) is 0 Å². The first-order chi connectivity index (χ1) is 18.3. The Labute approximate surface area is 234 Å². The summed E-state index contributed by atoms with van der Waals surface area (Å²) in [5.41, 5.74) is 6.13. The van der Waals surface area contributed by atoms with Crippen molar-refractivity contribution in [3.63, 3.8) is 0 Å². The molecule has 2 aromatic rings. The lowest BCUT2D eigenvalue weighted by atomic mass is 9.63. The van der Waals surface area contributed by atoms with Gasteiger partial charge < -0.3 is 19.3 Å². The molecule has 0 saturated carbocycles. The molecule has 39 heavy (non-hydrogen) atoms. The highest BCUT2D eigenvalue weighted by atomic mass is 16.6. The summed E-state index contributed by atoms with van der Waals surface area (Å²) in [6.45, 7) is 18.3. The Morgan fingerprint density at radius 1 is 0.949 bits per heavy atom. The smallest absolute Gasteiger partial charge is 0.410 e. The third kappa shape index (κ3) is 6.26. The Morgan fingerprint density at radius 2 is 1.62 bits per heavy atom. The molecule has 0 atom stereocenters. The van der Waals surface area contributed by atoms with Gasteiger partial charge in [0.15, 0.2) is 11.6 Å². The summed E-state index contributed by atoms with van der Waals surface area (Å²) in [5.74, 6) is 1.65. The maximum Gasteiger partial charge on any atom is 0.410 e. The number of pyridine rings is 1. The number of benzene rings is 1. The first-order valence-electron chi connectivity index (χ1n) is 14.4. The highest BCUT2D eigenvalue weighted by molar-refractivity contribution is 5.70. The van der Waals surface area contributed by atoms with E-state index in [1.165, 1.54) is 29.5 Å². The molecular weight excluding hydrogens is 486 g/mol. The van der Waals surface area contributed by atoms with Crippen LogP contribution in [0.3, 0.4) is 0 Å². The number of carbonyl (C=O) groups is 1. The number of hydrogen-bond donors (Lipinski definition) is 0. The molecule has 0 bridgehead atoms. The van der Waals surface area contributed by atoms with Crippen molar-refractivity contribution in [2.75, 3.05) is 37.7 Å². The number of amides is 1. The highest BCUT2D eigenvalue weighted by Crippen LogP contribution is 2.47. The van der Waals surface area contributed by atoms with E-state index in [9.17, 15) is 4.79 Å². The molecule has 6 heteroatoms. The van der Waals surface area contributed by atoms with E-state index in [4.69, 9.17) is 14.5 Å². The Bertz CT molecular complexity index is 1260. The molecule has 2 aliphatic carbocycles. The number of piperazine rings is 1. The topological polar surface area (TPSA) is 54.9 Å². The molecule has 2 heterocycles. The average molecular weight is 531 g/mol. The molecule has 0 unspecified atom stereocenters. The number of aromatic nitrogens is 1. The van der Waals surface area contributed by atoms with Crippen molar-refractivity contribution in [3.05, 3.63) is 59.5 Å². The molecule has 1 aromatic carbocycles. The molecule has 1 aromatic heterocycles. The molecule has 6 nitrogen and oxygen atoms in total. The molecule has 209 valence electrons. The van der Waals surface area contributed by atoms with Crippen molar-refractivity contribution >= 4 is 11.9 Å². The van der Waals surface area contributed by atoms with Crippen LogP contribution in [0.15, 0.2) is 42.0 Å². The standard InChI is InChI=1S/C33H44N3O3/c1-31(2,3)39-30(37)36-19-17-35(18-20-36)29-28(38-21-14-23-8-9-23)13-12-27(34-29)24-10-11-25-26(22-24)33(6,7)16-15-32(25,4)5/h8-13,22H,14-21H2,1-7H3. The van der Waals surface area contributed by atoms with Crippen LogP contribution in [0.4, 0.5) is 10.6 Å². The van der Waals surface area contributed by atoms with Crippen LogP contribution in [0.2, 0.25) is 0 Å². The Hall–Kier alpha value is -3.02. The normalized spacial score (nSPS) is 19.7. The fourth-order valence-corrected chi connectivity index (χ4v) is 5.62. The summed E-state index contributed by atoms with van der Waals surface area (Å²) in [5, 5.41) is 0. The van der Waals surface area contributed by atoms with E-state index in [0.717, 1.165) is 29.2 Å². The predicted molar refractivity (Wildman–Crippen MR) is 157 cm³/mol. The zero-order valence-corrected chi connectivity index (χ0v) is 24.8. The molecular formula is C33H44N3O3. The molecule has 1 radical (unpaired) electrons. The summed E-state index contributed by atoms with van der Waals surface area (Å²) in [4.78, 5) is 21.8. The average Bonchev–Trinajstić information content (AvgIpc) is 3.70. The lowest BCUT2D eigenvalue weighted by Gasteiger charge is -2.42.